The van der Waals surface area contributed by atoms with E-state index in [9.17, 15) is 9.59 Å². The Morgan fingerprint density at radius 2 is 2.07 bits per heavy atom. The predicted octanol–water partition coefficient (Wildman–Crippen LogP) is 4.81. The highest BCUT2D eigenvalue weighted by molar-refractivity contribution is 7.17. The first-order valence-corrected chi connectivity index (χ1v) is 11.2. The third-order valence-corrected chi connectivity index (χ3v) is 6.61. The van der Waals surface area contributed by atoms with Crippen molar-refractivity contribution >= 4 is 27.5 Å². The van der Waals surface area contributed by atoms with Crippen LogP contribution in [0, 0.1) is 5.92 Å². The maximum absolute atomic E-state index is 13.1. The number of aryl methyl sites for hydroxylation is 1. The molecule has 0 spiro atoms. The Bertz CT molecular complexity index is 1070. The topological polar surface area (TPSA) is 61.2 Å². The molecule has 2 heterocycles. The minimum absolute atomic E-state index is 0.0348. The molecule has 2 unspecified atom stereocenters. The predicted molar refractivity (Wildman–Crippen MR) is 116 cm³/mol. The van der Waals surface area contributed by atoms with Crippen molar-refractivity contribution in [2.75, 3.05) is 0 Å². The highest BCUT2D eigenvalue weighted by Crippen LogP contribution is 2.31. The summed E-state index contributed by atoms with van der Waals surface area (Å²) in [6.07, 6.45) is 6.48. The van der Waals surface area contributed by atoms with Crippen LogP contribution in [0.3, 0.4) is 0 Å². The van der Waals surface area contributed by atoms with Gasteiger partial charge in [-0.1, -0.05) is 44.5 Å². The monoisotopic (exact) mass is 410 g/mol. The maximum atomic E-state index is 13.1. The summed E-state index contributed by atoms with van der Waals surface area (Å²) in [5.41, 5.74) is 2.92. The van der Waals surface area contributed by atoms with Gasteiger partial charge in [0.2, 0.25) is 0 Å². The van der Waals surface area contributed by atoms with Gasteiger partial charge in [-0.25, -0.2) is 4.98 Å². The molecular formula is C23H26N2O3S. The Morgan fingerprint density at radius 1 is 1.28 bits per heavy atom. The molecule has 1 aromatic carbocycles. The van der Waals surface area contributed by atoms with E-state index in [0.29, 0.717) is 16.1 Å². The standard InChI is InChI=1S/C23H26N2O3S/c1-3-16-7-9-17(10-8-16)19-13-29-22-21(19)23(27)25(14-24-22)12-20(26)28-18-6-4-5-15(2)11-18/h7-10,13-15,18H,3-6,11-12H2,1-2H3. The smallest absolute Gasteiger partial charge is 0.326 e. The van der Waals surface area contributed by atoms with Gasteiger partial charge in [0.1, 0.15) is 17.5 Å². The Morgan fingerprint density at radius 3 is 2.79 bits per heavy atom. The number of carbonyl (C=O) groups excluding carboxylic acids is 1. The van der Waals surface area contributed by atoms with Crippen molar-refractivity contribution in [3.8, 4) is 11.1 Å². The highest BCUT2D eigenvalue weighted by atomic mass is 32.1. The largest absolute Gasteiger partial charge is 0.461 e. The first kappa shape index (κ1) is 19.8. The van der Waals surface area contributed by atoms with Gasteiger partial charge in [0.25, 0.3) is 5.56 Å². The molecule has 0 amide bonds. The van der Waals surface area contributed by atoms with Crippen molar-refractivity contribution in [3.63, 3.8) is 0 Å². The van der Waals surface area contributed by atoms with Crippen molar-refractivity contribution in [2.45, 2.75) is 58.6 Å². The van der Waals surface area contributed by atoms with E-state index in [1.54, 1.807) is 0 Å². The van der Waals surface area contributed by atoms with Gasteiger partial charge in [0.05, 0.1) is 11.7 Å². The Hall–Kier alpha value is -2.47. The van der Waals surface area contributed by atoms with Gasteiger partial charge < -0.3 is 4.74 Å². The molecule has 0 aliphatic heterocycles. The number of thiophene rings is 1. The summed E-state index contributed by atoms with van der Waals surface area (Å²) < 4.78 is 7.00. The summed E-state index contributed by atoms with van der Waals surface area (Å²) in [7, 11) is 0. The molecule has 1 aliphatic carbocycles. The van der Waals surface area contributed by atoms with Gasteiger partial charge in [0, 0.05) is 10.9 Å². The third-order valence-electron chi connectivity index (χ3n) is 5.72. The summed E-state index contributed by atoms with van der Waals surface area (Å²) in [5, 5.41) is 2.53. The lowest BCUT2D eigenvalue weighted by atomic mass is 9.89. The van der Waals surface area contributed by atoms with Crippen LogP contribution in [0.15, 0.2) is 40.8 Å². The molecule has 0 N–H and O–H groups in total. The lowest BCUT2D eigenvalue weighted by molar-refractivity contribution is -0.152. The van der Waals surface area contributed by atoms with Crippen LogP contribution in [0.1, 0.15) is 45.1 Å². The Balaban J connectivity index is 1.58. The van der Waals surface area contributed by atoms with Crippen LogP contribution in [-0.4, -0.2) is 21.6 Å². The molecule has 2 atom stereocenters. The van der Waals surface area contributed by atoms with E-state index >= 15 is 0 Å². The SMILES string of the molecule is CCc1ccc(-c2csc3ncn(CC(=O)OC4CCCC(C)C4)c(=O)c23)cc1. The second-order valence-corrected chi connectivity index (χ2v) is 8.80. The van der Waals surface area contributed by atoms with Crippen LogP contribution >= 0.6 is 11.3 Å². The second-order valence-electron chi connectivity index (χ2n) is 7.94. The fourth-order valence-electron chi connectivity index (χ4n) is 4.06. The number of esters is 1. The molecule has 0 saturated heterocycles. The van der Waals surface area contributed by atoms with E-state index in [4.69, 9.17) is 4.74 Å². The minimum Gasteiger partial charge on any atom is -0.461 e. The minimum atomic E-state index is -0.364. The molecule has 5 nitrogen and oxygen atoms in total. The fourth-order valence-corrected chi connectivity index (χ4v) is 4.97. The molecule has 29 heavy (non-hydrogen) atoms. The number of rotatable bonds is 5. The van der Waals surface area contributed by atoms with Crippen molar-refractivity contribution in [3.05, 3.63) is 51.9 Å². The van der Waals surface area contributed by atoms with E-state index in [0.717, 1.165) is 36.8 Å². The van der Waals surface area contributed by atoms with E-state index in [2.05, 4.69) is 31.0 Å². The average molecular weight is 411 g/mol. The lowest BCUT2D eigenvalue weighted by Gasteiger charge is -2.26. The summed E-state index contributed by atoms with van der Waals surface area (Å²) in [5.74, 6) is 0.214. The Labute approximate surface area is 174 Å². The van der Waals surface area contributed by atoms with Gasteiger partial charge in [-0.15, -0.1) is 11.3 Å². The third kappa shape index (κ3) is 4.27. The first-order valence-electron chi connectivity index (χ1n) is 10.3. The first-order chi connectivity index (χ1) is 14.0. The fraction of sp³-hybridized carbons (Fsp3) is 0.435. The lowest BCUT2D eigenvalue weighted by Crippen LogP contribution is -2.30. The van der Waals surface area contributed by atoms with Crippen molar-refractivity contribution < 1.29 is 9.53 Å². The molecule has 1 saturated carbocycles. The number of carbonyl (C=O) groups is 1. The van der Waals surface area contributed by atoms with E-state index in [1.165, 1.54) is 34.2 Å². The number of ether oxygens (including phenoxy) is 1. The van der Waals surface area contributed by atoms with Crippen molar-refractivity contribution in [1.29, 1.82) is 0 Å². The Kier molecular flexibility index (Phi) is 5.81. The quantitative estimate of drug-likeness (QED) is 0.567. The van der Waals surface area contributed by atoms with E-state index < -0.39 is 0 Å². The van der Waals surface area contributed by atoms with Crippen LogP contribution in [-0.2, 0) is 22.5 Å². The number of aromatic nitrogens is 2. The zero-order chi connectivity index (χ0) is 20.4. The number of nitrogens with zero attached hydrogens (tertiary/aromatic N) is 2. The summed E-state index contributed by atoms with van der Waals surface area (Å²) in [6, 6.07) is 8.23. The highest BCUT2D eigenvalue weighted by Gasteiger charge is 2.23. The van der Waals surface area contributed by atoms with Crippen LogP contribution in [0.5, 0.6) is 0 Å². The number of benzene rings is 1. The molecule has 4 rings (SSSR count). The zero-order valence-corrected chi connectivity index (χ0v) is 17.7. The van der Waals surface area contributed by atoms with E-state index in [-0.39, 0.29) is 24.2 Å². The van der Waals surface area contributed by atoms with Crippen LogP contribution in [0.4, 0.5) is 0 Å². The molecule has 3 aromatic rings. The molecule has 1 aliphatic rings. The average Bonchev–Trinajstić information content (AvgIpc) is 3.15. The summed E-state index contributed by atoms with van der Waals surface area (Å²) in [6.45, 7) is 4.20. The molecule has 152 valence electrons. The van der Waals surface area contributed by atoms with Crippen LogP contribution < -0.4 is 5.56 Å². The van der Waals surface area contributed by atoms with Crippen molar-refractivity contribution in [1.82, 2.24) is 9.55 Å². The normalized spacial score (nSPS) is 19.4. The second kappa shape index (κ2) is 8.49. The van der Waals surface area contributed by atoms with Gasteiger partial charge in [0.15, 0.2) is 0 Å². The molecular weight excluding hydrogens is 384 g/mol. The van der Waals surface area contributed by atoms with Crippen LogP contribution in [0.2, 0.25) is 0 Å². The molecule has 0 radical (unpaired) electrons. The molecule has 6 heteroatoms. The number of fused-ring (bicyclic) bond motifs is 1. The van der Waals surface area contributed by atoms with E-state index in [1.807, 2.05) is 17.5 Å². The summed E-state index contributed by atoms with van der Waals surface area (Å²) in [4.78, 5) is 30.6. The molecule has 1 fully saturated rings. The number of hydrogen-bond donors (Lipinski definition) is 0. The van der Waals surface area contributed by atoms with Gasteiger partial charge in [-0.3, -0.25) is 14.2 Å². The molecule has 2 aromatic heterocycles. The van der Waals surface area contributed by atoms with Gasteiger partial charge in [-0.2, -0.15) is 0 Å². The maximum Gasteiger partial charge on any atom is 0.326 e. The van der Waals surface area contributed by atoms with Crippen molar-refractivity contribution in [2.24, 2.45) is 5.92 Å². The number of hydrogen-bond acceptors (Lipinski definition) is 5. The van der Waals surface area contributed by atoms with Crippen LogP contribution in [0.25, 0.3) is 21.3 Å². The van der Waals surface area contributed by atoms with Gasteiger partial charge in [-0.05, 0) is 42.7 Å². The van der Waals surface area contributed by atoms with Gasteiger partial charge >= 0.3 is 5.97 Å². The summed E-state index contributed by atoms with van der Waals surface area (Å²) >= 11 is 1.45. The zero-order valence-electron chi connectivity index (χ0n) is 16.9. The molecule has 0 bridgehead atoms.